The predicted molar refractivity (Wildman–Crippen MR) is 113 cm³/mol. The zero-order valence-electron chi connectivity index (χ0n) is 17.0. The van der Waals surface area contributed by atoms with Gasteiger partial charge < -0.3 is 19.5 Å². The molecule has 0 saturated carbocycles. The second-order valence-electron chi connectivity index (χ2n) is 6.09. The number of hydrogen-bond donors (Lipinski definition) is 1. The molecule has 1 amide bonds. The zero-order valence-corrected chi connectivity index (χ0v) is 17.0. The number of nitrogens with one attached hydrogen (secondary N) is 1. The second kappa shape index (κ2) is 11.0. The van der Waals surface area contributed by atoms with E-state index in [1.54, 1.807) is 6.07 Å². The van der Waals surface area contributed by atoms with E-state index in [9.17, 15) is 19.6 Å². The number of carbonyl (C=O) groups is 3. The van der Waals surface area contributed by atoms with Crippen LogP contribution in [0.3, 0.4) is 0 Å². The maximum atomic E-state index is 12.4. The first-order valence-corrected chi connectivity index (χ1v) is 9.07. The van der Waals surface area contributed by atoms with Crippen LogP contribution in [0, 0.1) is 11.3 Å². The lowest BCUT2D eigenvalue weighted by Gasteiger charge is -2.10. The quantitative estimate of drug-likeness (QED) is 0.229. The Kier molecular flexibility index (Phi) is 8.11. The van der Waals surface area contributed by atoms with Crippen molar-refractivity contribution in [2.45, 2.75) is 6.92 Å². The molecule has 2 aromatic carbocycles. The molecule has 0 aliphatic carbocycles. The van der Waals surface area contributed by atoms with Crippen LogP contribution in [0.15, 0.2) is 60.7 Å². The molecule has 158 valence electrons. The summed E-state index contributed by atoms with van der Waals surface area (Å²) in [6, 6.07) is 12.3. The fraction of sp³-hybridized carbons (Fsp3) is 0.130. The van der Waals surface area contributed by atoms with Crippen LogP contribution in [0.1, 0.15) is 22.8 Å². The average molecular weight is 420 g/mol. The van der Waals surface area contributed by atoms with Gasteiger partial charge in [-0.3, -0.25) is 9.59 Å². The highest BCUT2D eigenvalue weighted by molar-refractivity contribution is 6.01. The van der Waals surface area contributed by atoms with E-state index >= 15 is 0 Å². The Hall–Kier alpha value is -4.38. The van der Waals surface area contributed by atoms with Crippen molar-refractivity contribution in [3.8, 4) is 23.3 Å². The average Bonchev–Trinajstić information content (AvgIpc) is 2.76. The van der Waals surface area contributed by atoms with E-state index < -0.39 is 17.8 Å². The van der Waals surface area contributed by atoms with Gasteiger partial charge in [0.15, 0.2) is 11.5 Å². The maximum Gasteiger partial charge on any atom is 0.343 e. The first-order chi connectivity index (χ1) is 14.9. The minimum atomic E-state index is -0.641. The number of nitrogens with zero attached hydrogens (tertiary/aromatic N) is 1. The fourth-order valence-corrected chi connectivity index (χ4v) is 2.42. The third-order valence-corrected chi connectivity index (χ3v) is 3.82. The highest BCUT2D eigenvalue weighted by atomic mass is 16.6. The Bertz CT molecular complexity index is 1060. The SMILES string of the molecule is C=CCNC(=O)C(C#N)=Cc1ccc(OC(=O)c2ccc(OC(C)=O)cc2)c(OC)c1. The summed E-state index contributed by atoms with van der Waals surface area (Å²) in [5.74, 6) is -0.938. The summed E-state index contributed by atoms with van der Waals surface area (Å²) in [5, 5.41) is 11.7. The number of carbonyl (C=O) groups excluding carboxylic acids is 3. The molecular formula is C23H20N2O6. The molecule has 0 aliphatic heterocycles. The minimum Gasteiger partial charge on any atom is -0.493 e. The minimum absolute atomic E-state index is 0.0958. The van der Waals surface area contributed by atoms with Crippen LogP contribution in [0.5, 0.6) is 17.2 Å². The number of amides is 1. The molecule has 0 heterocycles. The van der Waals surface area contributed by atoms with Gasteiger partial charge >= 0.3 is 11.9 Å². The van der Waals surface area contributed by atoms with Crippen molar-refractivity contribution in [2.24, 2.45) is 0 Å². The zero-order chi connectivity index (χ0) is 22.8. The molecule has 0 fully saturated rings. The third kappa shape index (κ3) is 6.58. The van der Waals surface area contributed by atoms with Crippen LogP contribution < -0.4 is 19.5 Å². The van der Waals surface area contributed by atoms with Gasteiger partial charge in [0.2, 0.25) is 0 Å². The third-order valence-electron chi connectivity index (χ3n) is 3.82. The molecule has 8 nitrogen and oxygen atoms in total. The van der Waals surface area contributed by atoms with Crippen LogP contribution in [-0.4, -0.2) is 31.5 Å². The lowest BCUT2D eigenvalue weighted by Crippen LogP contribution is -2.24. The van der Waals surface area contributed by atoms with Gasteiger partial charge in [0, 0.05) is 13.5 Å². The summed E-state index contributed by atoms with van der Waals surface area (Å²) < 4.78 is 15.6. The number of hydrogen-bond acceptors (Lipinski definition) is 7. The molecular weight excluding hydrogens is 400 g/mol. The van der Waals surface area contributed by atoms with Crippen molar-refractivity contribution < 1.29 is 28.6 Å². The topological polar surface area (TPSA) is 115 Å². The van der Waals surface area contributed by atoms with Gasteiger partial charge in [-0.1, -0.05) is 12.1 Å². The van der Waals surface area contributed by atoms with Crippen LogP contribution in [-0.2, 0) is 9.59 Å². The molecule has 0 unspecified atom stereocenters. The molecule has 1 N–H and O–H groups in total. The Balaban J connectivity index is 2.19. The van der Waals surface area contributed by atoms with Gasteiger partial charge in [0.05, 0.1) is 12.7 Å². The number of methoxy groups -OCH3 is 1. The summed E-state index contributed by atoms with van der Waals surface area (Å²) in [6.45, 7) is 5.01. The van der Waals surface area contributed by atoms with Crippen molar-refractivity contribution >= 4 is 23.9 Å². The predicted octanol–water partition coefficient (Wildman–Crippen LogP) is 3.05. The highest BCUT2D eigenvalue weighted by Crippen LogP contribution is 2.30. The Labute approximate surface area is 179 Å². The first kappa shape index (κ1) is 22.9. The number of rotatable bonds is 8. The first-order valence-electron chi connectivity index (χ1n) is 9.07. The van der Waals surface area contributed by atoms with E-state index in [-0.39, 0.29) is 29.2 Å². The maximum absolute atomic E-state index is 12.4. The van der Waals surface area contributed by atoms with E-state index in [2.05, 4.69) is 11.9 Å². The van der Waals surface area contributed by atoms with Crippen LogP contribution >= 0.6 is 0 Å². The van der Waals surface area contributed by atoms with Crippen LogP contribution in [0.2, 0.25) is 0 Å². The van der Waals surface area contributed by atoms with Crippen molar-refractivity contribution in [1.82, 2.24) is 5.32 Å². The molecule has 2 rings (SSSR count). The standard InChI is InChI=1S/C23H20N2O6/c1-4-11-25-22(27)18(14-24)12-16-5-10-20(21(13-16)29-3)31-23(28)17-6-8-19(9-7-17)30-15(2)26/h4-10,12-13H,1,11H2,2-3H3,(H,25,27). The van der Waals surface area contributed by atoms with Gasteiger partial charge in [-0.05, 0) is 48.0 Å². The molecule has 2 aromatic rings. The molecule has 0 aromatic heterocycles. The van der Waals surface area contributed by atoms with Gasteiger partial charge in [-0.2, -0.15) is 5.26 Å². The lowest BCUT2D eigenvalue weighted by molar-refractivity contribution is -0.131. The normalized spacial score (nSPS) is 10.4. The molecule has 8 heteroatoms. The van der Waals surface area contributed by atoms with E-state index in [1.165, 1.54) is 62.6 Å². The molecule has 0 atom stereocenters. The summed E-state index contributed by atoms with van der Waals surface area (Å²) >= 11 is 0. The van der Waals surface area contributed by atoms with Crippen molar-refractivity contribution in [2.75, 3.05) is 13.7 Å². The molecule has 0 radical (unpaired) electrons. The Morgan fingerprint density at radius 3 is 2.39 bits per heavy atom. The highest BCUT2D eigenvalue weighted by Gasteiger charge is 2.14. The number of esters is 2. The van der Waals surface area contributed by atoms with Gasteiger partial charge in [0.25, 0.3) is 5.91 Å². The van der Waals surface area contributed by atoms with E-state index in [0.717, 1.165) is 0 Å². The Morgan fingerprint density at radius 2 is 1.81 bits per heavy atom. The largest absolute Gasteiger partial charge is 0.493 e. The van der Waals surface area contributed by atoms with Gasteiger partial charge in [-0.15, -0.1) is 6.58 Å². The van der Waals surface area contributed by atoms with Crippen LogP contribution in [0.25, 0.3) is 6.08 Å². The number of benzene rings is 2. The molecule has 0 aliphatic rings. The van der Waals surface area contributed by atoms with Gasteiger partial charge in [0.1, 0.15) is 17.4 Å². The summed E-state index contributed by atoms with van der Waals surface area (Å²) in [7, 11) is 1.40. The van der Waals surface area contributed by atoms with E-state index in [1.807, 2.05) is 6.07 Å². The summed E-state index contributed by atoms with van der Waals surface area (Å²) in [4.78, 5) is 35.3. The lowest BCUT2D eigenvalue weighted by atomic mass is 10.1. The second-order valence-corrected chi connectivity index (χ2v) is 6.09. The van der Waals surface area contributed by atoms with Crippen LogP contribution in [0.4, 0.5) is 0 Å². The molecule has 31 heavy (non-hydrogen) atoms. The molecule has 0 bridgehead atoms. The van der Waals surface area contributed by atoms with Crippen molar-refractivity contribution in [3.63, 3.8) is 0 Å². The number of ether oxygens (including phenoxy) is 3. The van der Waals surface area contributed by atoms with E-state index in [0.29, 0.717) is 11.3 Å². The molecule has 0 spiro atoms. The summed E-state index contributed by atoms with van der Waals surface area (Å²) in [5.41, 5.74) is 0.654. The summed E-state index contributed by atoms with van der Waals surface area (Å²) in [6.07, 6.45) is 2.89. The van der Waals surface area contributed by atoms with Crippen molar-refractivity contribution in [1.29, 1.82) is 5.26 Å². The fourth-order valence-electron chi connectivity index (χ4n) is 2.42. The smallest absolute Gasteiger partial charge is 0.343 e. The number of nitriles is 1. The molecule has 0 saturated heterocycles. The van der Waals surface area contributed by atoms with Crippen molar-refractivity contribution in [3.05, 3.63) is 71.8 Å². The van der Waals surface area contributed by atoms with E-state index in [4.69, 9.17) is 14.2 Å². The Morgan fingerprint density at radius 1 is 1.10 bits per heavy atom. The monoisotopic (exact) mass is 420 g/mol. The van der Waals surface area contributed by atoms with Gasteiger partial charge in [-0.25, -0.2) is 4.79 Å².